The normalized spacial score (nSPS) is 10.8. The van der Waals surface area contributed by atoms with Crippen LogP contribution in [0, 0.1) is 5.92 Å². The summed E-state index contributed by atoms with van der Waals surface area (Å²) in [5, 5.41) is 0. The molecule has 1 aromatic carbocycles. The number of hydrogen-bond donors (Lipinski definition) is 2. The van der Waals surface area contributed by atoms with Gasteiger partial charge in [-0.2, -0.15) is 0 Å². The van der Waals surface area contributed by atoms with E-state index in [4.69, 9.17) is 11.5 Å². The highest BCUT2D eigenvalue weighted by molar-refractivity contribution is 6.01. The molecule has 0 fully saturated rings. The van der Waals surface area contributed by atoms with Crippen LogP contribution in [0.1, 0.15) is 36.2 Å². The Hall–Kier alpha value is -1.35. The molecular formula is C13H20N2O. The van der Waals surface area contributed by atoms with Crippen LogP contribution in [-0.2, 0) is 6.42 Å². The first-order chi connectivity index (χ1) is 7.54. The van der Waals surface area contributed by atoms with Crippen molar-refractivity contribution in [2.24, 2.45) is 11.7 Å². The molecule has 0 aromatic heterocycles. The Labute approximate surface area is 96.8 Å². The first-order valence-corrected chi connectivity index (χ1v) is 5.66. The van der Waals surface area contributed by atoms with Crippen LogP contribution < -0.4 is 11.5 Å². The maximum absolute atomic E-state index is 11.9. The number of carbonyl (C=O) groups excluding carboxylic acids is 1. The van der Waals surface area contributed by atoms with E-state index in [1.807, 2.05) is 26.0 Å². The van der Waals surface area contributed by atoms with E-state index in [1.54, 1.807) is 6.07 Å². The van der Waals surface area contributed by atoms with Gasteiger partial charge in [-0.1, -0.05) is 19.9 Å². The fourth-order valence-electron chi connectivity index (χ4n) is 1.65. The quantitative estimate of drug-likeness (QED) is 0.589. The van der Waals surface area contributed by atoms with Crippen LogP contribution >= 0.6 is 0 Å². The number of hydrogen-bond acceptors (Lipinski definition) is 3. The second-order valence-electron chi connectivity index (χ2n) is 4.48. The fourth-order valence-corrected chi connectivity index (χ4v) is 1.65. The van der Waals surface area contributed by atoms with Gasteiger partial charge in [-0.15, -0.1) is 0 Å². The predicted molar refractivity (Wildman–Crippen MR) is 67.4 cm³/mol. The molecule has 1 rings (SSSR count). The van der Waals surface area contributed by atoms with Crippen molar-refractivity contribution in [2.75, 3.05) is 12.3 Å². The molecule has 0 heterocycles. The summed E-state index contributed by atoms with van der Waals surface area (Å²) in [6.45, 7) is 4.64. The number of ketones is 1. The minimum Gasteiger partial charge on any atom is -0.398 e. The van der Waals surface area contributed by atoms with Crippen LogP contribution in [0.2, 0.25) is 0 Å². The zero-order valence-corrected chi connectivity index (χ0v) is 9.99. The van der Waals surface area contributed by atoms with Gasteiger partial charge in [0.05, 0.1) is 0 Å². The third-order valence-corrected chi connectivity index (χ3v) is 2.44. The van der Waals surface area contributed by atoms with Gasteiger partial charge in [0.2, 0.25) is 0 Å². The number of nitrogen functional groups attached to an aromatic ring is 1. The third-order valence-electron chi connectivity index (χ3n) is 2.44. The monoisotopic (exact) mass is 220 g/mol. The summed E-state index contributed by atoms with van der Waals surface area (Å²) in [4.78, 5) is 11.9. The molecule has 88 valence electrons. The molecule has 0 amide bonds. The minimum absolute atomic E-state index is 0.117. The van der Waals surface area contributed by atoms with Gasteiger partial charge >= 0.3 is 0 Å². The molecule has 0 aliphatic heterocycles. The lowest BCUT2D eigenvalue weighted by Crippen LogP contribution is -2.09. The molecule has 0 saturated heterocycles. The molecule has 0 radical (unpaired) electrons. The molecule has 0 bridgehead atoms. The highest BCUT2D eigenvalue weighted by Gasteiger charge is 2.12. The maximum atomic E-state index is 11.9. The Morgan fingerprint density at radius 2 is 2.06 bits per heavy atom. The van der Waals surface area contributed by atoms with Crippen molar-refractivity contribution in [3.8, 4) is 0 Å². The number of rotatable bonds is 5. The molecule has 0 aliphatic rings. The summed E-state index contributed by atoms with van der Waals surface area (Å²) in [7, 11) is 0. The molecule has 3 nitrogen and oxygen atoms in total. The van der Waals surface area contributed by atoms with Crippen molar-refractivity contribution in [3.05, 3.63) is 29.3 Å². The highest BCUT2D eigenvalue weighted by Crippen LogP contribution is 2.18. The molecule has 0 spiro atoms. The summed E-state index contributed by atoms with van der Waals surface area (Å²) in [6.07, 6.45) is 1.32. The average Bonchev–Trinajstić information content (AvgIpc) is 2.20. The van der Waals surface area contributed by atoms with Crippen molar-refractivity contribution >= 4 is 11.5 Å². The average molecular weight is 220 g/mol. The Morgan fingerprint density at radius 3 is 2.62 bits per heavy atom. The van der Waals surface area contributed by atoms with E-state index in [-0.39, 0.29) is 5.78 Å². The summed E-state index contributed by atoms with van der Waals surface area (Å²) in [6, 6.07) is 5.58. The van der Waals surface area contributed by atoms with Crippen molar-refractivity contribution < 1.29 is 4.79 Å². The zero-order chi connectivity index (χ0) is 12.1. The van der Waals surface area contributed by atoms with E-state index in [0.29, 0.717) is 30.1 Å². The maximum Gasteiger partial charge on any atom is 0.165 e. The van der Waals surface area contributed by atoms with Gasteiger partial charge < -0.3 is 11.5 Å². The van der Waals surface area contributed by atoms with Crippen LogP contribution in [0.3, 0.4) is 0 Å². The Kier molecular flexibility index (Phi) is 4.50. The summed E-state index contributed by atoms with van der Waals surface area (Å²) >= 11 is 0. The smallest absolute Gasteiger partial charge is 0.165 e. The lowest BCUT2D eigenvalue weighted by molar-refractivity contribution is 0.0968. The van der Waals surface area contributed by atoms with Gasteiger partial charge in [0, 0.05) is 17.7 Å². The Morgan fingerprint density at radius 1 is 1.38 bits per heavy atom. The van der Waals surface area contributed by atoms with Crippen molar-refractivity contribution in [3.63, 3.8) is 0 Å². The van der Waals surface area contributed by atoms with Crippen LogP contribution in [-0.4, -0.2) is 12.3 Å². The van der Waals surface area contributed by atoms with Gasteiger partial charge in [0.15, 0.2) is 5.78 Å². The largest absolute Gasteiger partial charge is 0.398 e. The SMILES string of the molecule is CC(C)CC(=O)c1cc(CCN)ccc1N. The third kappa shape index (κ3) is 3.35. The first kappa shape index (κ1) is 12.7. The molecule has 3 heteroatoms. The Balaban J connectivity index is 2.93. The first-order valence-electron chi connectivity index (χ1n) is 5.66. The lowest BCUT2D eigenvalue weighted by Gasteiger charge is -2.09. The van der Waals surface area contributed by atoms with Crippen LogP contribution in [0.4, 0.5) is 5.69 Å². The van der Waals surface area contributed by atoms with E-state index in [0.717, 1.165) is 12.0 Å². The van der Waals surface area contributed by atoms with Gasteiger partial charge in [-0.05, 0) is 36.6 Å². The zero-order valence-electron chi connectivity index (χ0n) is 9.99. The van der Waals surface area contributed by atoms with Crippen molar-refractivity contribution in [2.45, 2.75) is 26.7 Å². The molecule has 0 saturated carbocycles. The van der Waals surface area contributed by atoms with Crippen LogP contribution in [0.15, 0.2) is 18.2 Å². The summed E-state index contributed by atoms with van der Waals surface area (Å²) < 4.78 is 0. The topological polar surface area (TPSA) is 69.1 Å². The standard InChI is InChI=1S/C13H20N2O/c1-9(2)7-13(16)11-8-10(5-6-14)3-4-12(11)15/h3-4,8-9H,5-7,14-15H2,1-2H3. The van der Waals surface area contributed by atoms with Crippen molar-refractivity contribution in [1.82, 2.24) is 0 Å². The predicted octanol–water partition coefficient (Wildman–Crippen LogP) is 2.00. The van der Waals surface area contributed by atoms with E-state index in [9.17, 15) is 4.79 Å². The highest BCUT2D eigenvalue weighted by atomic mass is 16.1. The number of anilines is 1. The molecular weight excluding hydrogens is 200 g/mol. The number of benzene rings is 1. The second-order valence-corrected chi connectivity index (χ2v) is 4.48. The molecule has 4 N–H and O–H groups in total. The van der Waals surface area contributed by atoms with E-state index in [1.165, 1.54) is 0 Å². The fraction of sp³-hybridized carbons (Fsp3) is 0.462. The van der Waals surface area contributed by atoms with Gasteiger partial charge in [-0.25, -0.2) is 0 Å². The van der Waals surface area contributed by atoms with Crippen LogP contribution in [0.5, 0.6) is 0 Å². The van der Waals surface area contributed by atoms with E-state index < -0.39 is 0 Å². The van der Waals surface area contributed by atoms with Gasteiger partial charge in [0.25, 0.3) is 0 Å². The second kappa shape index (κ2) is 5.66. The molecule has 0 atom stereocenters. The van der Waals surface area contributed by atoms with Gasteiger partial charge in [-0.3, -0.25) is 4.79 Å². The molecule has 16 heavy (non-hydrogen) atoms. The lowest BCUT2D eigenvalue weighted by atomic mass is 9.97. The van der Waals surface area contributed by atoms with Gasteiger partial charge in [0.1, 0.15) is 0 Å². The summed E-state index contributed by atoms with van der Waals surface area (Å²) in [5.74, 6) is 0.469. The molecule has 1 aromatic rings. The Bertz CT molecular complexity index is 372. The summed E-state index contributed by atoms with van der Waals surface area (Å²) in [5.41, 5.74) is 13.6. The van der Waals surface area contributed by atoms with Crippen molar-refractivity contribution in [1.29, 1.82) is 0 Å². The number of nitrogens with two attached hydrogens (primary N) is 2. The van der Waals surface area contributed by atoms with E-state index >= 15 is 0 Å². The van der Waals surface area contributed by atoms with E-state index in [2.05, 4.69) is 0 Å². The minimum atomic E-state index is 0.117. The van der Waals surface area contributed by atoms with Crippen LogP contribution in [0.25, 0.3) is 0 Å². The number of Topliss-reactive ketones (excluding diaryl/α,β-unsaturated/α-hetero) is 1. The molecule has 0 unspecified atom stereocenters. The number of carbonyl (C=O) groups is 1. The molecule has 0 aliphatic carbocycles.